The quantitative estimate of drug-likeness (QED) is 0.323. The molecule has 32 heavy (non-hydrogen) atoms. The van der Waals surface area contributed by atoms with Crippen LogP contribution in [-0.2, 0) is 0 Å². The van der Waals surface area contributed by atoms with Gasteiger partial charge in [-0.1, -0.05) is 42.1 Å². The molecule has 4 rings (SSSR count). The van der Waals surface area contributed by atoms with Crippen LogP contribution in [0.25, 0.3) is 11.4 Å². The lowest BCUT2D eigenvalue weighted by Crippen LogP contribution is -2.25. The second-order valence-electron chi connectivity index (χ2n) is 7.09. The number of ketones is 1. The van der Waals surface area contributed by atoms with Gasteiger partial charge in [0.1, 0.15) is 5.82 Å². The molecule has 0 aliphatic heterocycles. The van der Waals surface area contributed by atoms with Crippen LogP contribution >= 0.6 is 11.8 Å². The maximum atomic E-state index is 13.9. The first-order valence-electron chi connectivity index (χ1n) is 9.82. The minimum atomic E-state index is -0.402. The van der Waals surface area contributed by atoms with Gasteiger partial charge in [-0.3, -0.25) is 24.8 Å². The number of aromatic nitrogens is 4. The third kappa shape index (κ3) is 4.47. The van der Waals surface area contributed by atoms with Crippen LogP contribution in [0.15, 0.2) is 65.8 Å². The maximum absolute atomic E-state index is 13.9. The predicted molar refractivity (Wildman–Crippen MR) is 121 cm³/mol. The Kier molecular flexibility index (Phi) is 6.18. The van der Waals surface area contributed by atoms with Crippen molar-refractivity contribution >= 4 is 23.5 Å². The molecule has 0 saturated heterocycles. The van der Waals surface area contributed by atoms with E-state index in [1.807, 2.05) is 13.0 Å². The molecule has 2 N–H and O–H groups in total. The Morgan fingerprint density at radius 1 is 1.09 bits per heavy atom. The number of Topliss-reactive ketones (excluding diaryl/α,β-unsaturated/α-hetero) is 1. The monoisotopic (exact) mass is 449 g/mol. The summed E-state index contributed by atoms with van der Waals surface area (Å²) in [4.78, 5) is 29.6. The number of rotatable bonds is 7. The Morgan fingerprint density at radius 3 is 2.56 bits per heavy atom. The van der Waals surface area contributed by atoms with Crippen molar-refractivity contribution in [2.24, 2.45) is 0 Å². The van der Waals surface area contributed by atoms with Crippen molar-refractivity contribution in [1.29, 1.82) is 0 Å². The van der Waals surface area contributed by atoms with Crippen LogP contribution in [0.3, 0.4) is 0 Å². The second-order valence-corrected chi connectivity index (χ2v) is 8.03. The average Bonchev–Trinajstić information content (AvgIpc) is 3.38. The third-order valence-electron chi connectivity index (χ3n) is 4.91. The van der Waals surface area contributed by atoms with Gasteiger partial charge < -0.3 is 0 Å². The standard InChI is InChI=1S/C23H20FN5O2S/c1-14-12-18(15(2)29(14)28-22(31)16-8-4-3-5-9-16)20(30)13-32-23-25-21(26-27-23)17-10-6-7-11-19(17)24/h3-12H,13H2,1-2H3,(H,28,31)(H,25,26,27). The Hall–Kier alpha value is -3.72. The largest absolute Gasteiger partial charge is 0.293 e. The topological polar surface area (TPSA) is 92.7 Å². The first-order valence-corrected chi connectivity index (χ1v) is 10.8. The lowest BCUT2D eigenvalue weighted by molar-refractivity contribution is 0.0999. The number of aromatic amines is 1. The number of H-pyrrole nitrogens is 1. The first-order chi connectivity index (χ1) is 15.4. The highest BCUT2D eigenvalue weighted by molar-refractivity contribution is 7.99. The first kappa shape index (κ1) is 21.5. The van der Waals surface area contributed by atoms with E-state index in [4.69, 9.17) is 0 Å². The molecule has 1 amide bonds. The lowest BCUT2D eigenvalue weighted by Gasteiger charge is -2.11. The zero-order valence-electron chi connectivity index (χ0n) is 17.4. The van der Waals surface area contributed by atoms with E-state index in [-0.39, 0.29) is 17.4 Å². The van der Waals surface area contributed by atoms with Gasteiger partial charge in [-0.15, -0.1) is 5.10 Å². The summed E-state index contributed by atoms with van der Waals surface area (Å²) in [7, 11) is 0. The molecule has 0 fully saturated rings. The number of nitrogens with one attached hydrogen (secondary N) is 2. The zero-order chi connectivity index (χ0) is 22.7. The highest BCUT2D eigenvalue weighted by Gasteiger charge is 2.19. The van der Waals surface area contributed by atoms with Gasteiger partial charge in [0, 0.05) is 22.5 Å². The van der Waals surface area contributed by atoms with Crippen LogP contribution in [0.2, 0.25) is 0 Å². The van der Waals surface area contributed by atoms with Gasteiger partial charge >= 0.3 is 0 Å². The fourth-order valence-corrected chi connectivity index (χ4v) is 3.95. The van der Waals surface area contributed by atoms with Crippen LogP contribution in [0.1, 0.15) is 32.1 Å². The molecule has 0 atom stereocenters. The Balaban J connectivity index is 1.44. The Labute approximate surface area is 188 Å². The fourth-order valence-electron chi connectivity index (χ4n) is 3.27. The summed E-state index contributed by atoms with van der Waals surface area (Å²) in [5.74, 6) is -0.380. The third-order valence-corrected chi connectivity index (χ3v) is 5.75. The number of hydrogen-bond acceptors (Lipinski definition) is 5. The smallest absolute Gasteiger partial charge is 0.270 e. The SMILES string of the molecule is Cc1cc(C(=O)CSc2n[nH]c(-c3ccccc3F)n2)c(C)n1NC(=O)c1ccccc1. The summed E-state index contributed by atoms with van der Waals surface area (Å²) in [6, 6.07) is 16.9. The van der Waals surface area contributed by atoms with Crippen molar-refractivity contribution in [3.63, 3.8) is 0 Å². The number of aryl methyl sites for hydroxylation is 1. The summed E-state index contributed by atoms with van der Waals surface area (Å²) < 4.78 is 15.5. The van der Waals surface area contributed by atoms with Crippen LogP contribution in [-0.4, -0.2) is 37.3 Å². The van der Waals surface area contributed by atoms with Crippen molar-refractivity contribution in [1.82, 2.24) is 19.9 Å². The zero-order valence-corrected chi connectivity index (χ0v) is 18.2. The molecule has 0 aliphatic carbocycles. The van der Waals surface area contributed by atoms with E-state index >= 15 is 0 Å². The number of thioether (sulfide) groups is 1. The molecule has 0 unspecified atom stereocenters. The van der Waals surface area contributed by atoms with E-state index in [9.17, 15) is 14.0 Å². The van der Waals surface area contributed by atoms with Gasteiger partial charge in [0.15, 0.2) is 11.6 Å². The van der Waals surface area contributed by atoms with Gasteiger partial charge in [0.25, 0.3) is 5.91 Å². The van der Waals surface area contributed by atoms with Crippen LogP contribution in [0.5, 0.6) is 0 Å². The molecule has 0 bridgehead atoms. The van der Waals surface area contributed by atoms with Crippen molar-refractivity contribution in [3.8, 4) is 11.4 Å². The van der Waals surface area contributed by atoms with Crippen LogP contribution in [0.4, 0.5) is 4.39 Å². The van der Waals surface area contributed by atoms with E-state index in [0.717, 1.165) is 17.5 Å². The van der Waals surface area contributed by atoms with Gasteiger partial charge in [-0.05, 0) is 44.2 Å². The summed E-state index contributed by atoms with van der Waals surface area (Å²) in [6.45, 7) is 3.59. The number of amides is 1. The molecule has 7 nitrogen and oxygen atoms in total. The normalized spacial score (nSPS) is 10.8. The van der Waals surface area contributed by atoms with E-state index in [0.29, 0.717) is 33.4 Å². The van der Waals surface area contributed by atoms with Gasteiger partial charge in [0.05, 0.1) is 11.3 Å². The number of hydrogen-bond donors (Lipinski definition) is 2. The fraction of sp³-hybridized carbons (Fsp3) is 0.130. The highest BCUT2D eigenvalue weighted by atomic mass is 32.2. The molecule has 2 aromatic carbocycles. The number of benzene rings is 2. The van der Waals surface area contributed by atoms with Gasteiger partial charge in [0.2, 0.25) is 5.16 Å². The van der Waals surface area contributed by atoms with Gasteiger partial charge in [-0.2, -0.15) is 0 Å². The number of carbonyl (C=O) groups excluding carboxylic acids is 2. The van der Waals surface area contributed by atoms with Crippen LogP contribution in [0, 0.1) is 19.7 Å². The lowest BCUT2D eigenvalue weighted by atomic mass is 10.2. The molecule has 0 aliphatic rings. The minimum Gasteiger partial charge on any atom is -0.293 e. The highest BCUT2D eigenvalue weighted by Crippen LogP contribution is 2.23. The second kappa shape index (κ2) is 9.19. The van der Waals surface area contributed by atoms with E-state index in [2.05, 4.69) is 20.6 Å². The molecule has 2 heterocycles. The predicted octanol–water partition coefficient (Wildman–Crippen LogP) is 4.39. The number of carbonyl (C=O) groups is 2. The average molecular weight is 450 g/mol. The molecule has 4 aromatic rings. The summed E-state index contributed by atoms with van der Waals surface area (Å²) in [5.41, 5.74) is 5.55. The van der Waals surface area contributed by atoms with E-state index in [1.165, 1.54) is 6.07 Å². The summed E-state index contributed by atoms with van der Waals surface area (Å²) in [5, 5.41) is 7.12. The molecule has 0 spiro atoms. The number of halogens is 1. The van der Waals surface area contributed by atoms with E-state index in [1.54, 1.807) is 60.1 Å². The molecule has 0 radical (unpaired) electrons. The maximum Gasteiger partial charge on any atom is 0.270 e. The molecular weight excluding hydrogens is 429 g/mol. The molecular formula is C23H20FN5O2S. The number of nitrogens with zero attached hydrogens (tertiary/aromatic N) is 3. The molecule has 2 aromatic heterocycles. The van der Waals surface area contributed by atoms with Crippen molar-refractivity contribution < 1.29 is 14.0 Å². The van der Waals surface area contributed by atoms with Crippen molar-refractivity contribution in [2.45, 2.75) is 19.0 Å². The van der Waals surface area contributed by atoms with Crippen molar-refractivity contribution in [2.75, 3.05) is 11.2 Å². The summed E-state index contributed by atoms with van der Waals surface area (Å²) in [6.07, 6.45) is 0. The van der Waals surface area contributed by atoms with Gasteiger partial charge in [-0.25, -0.2) is 9.37 Å². The Bertz CT molecular complexity index is 1280. The molecule has 0 saturated carbocycles. The van der Waals surface area contributed by atoms with E-state index < -0.39 is 5.82 Å². The molecule has 9 heteroatoms. The minimum absolute atomic E-state index is 0.103. The van der Waals surface area contributed by atoms with Crippen LogP contribution < -0.4 is 5.43 Å². The summed E-state index contributed by atoms with van der Waals surface area (Å²) >= 11 is 1.16. The van der Waals surface area contributed by atoms with Crippen molar-refractivity contribution in [3.05, 3.63) is 89.0 Å². The Morgan fingerprint density at radius 2 is 1.81 bits per heavy atom. The molecule has 162 valence electrons.